The number of aliphatic hydroxyl groups excluding tert-OH is 1. The average molecular weight is 372 g/mol. The molecular weight excluding hydrogens is 348 g/mol. The minimum Gasteiger partial charge on any atom is -0.394 e. The van der Waals surface area contributed by atoms with Gasteiger partial charge in [0.15, 0.2) is 0 Å². The van der Waals surface area contributed by atoms with Crippen LogP contribution in [0.5, 0.6) is 0 Å². The number of carbonyl (C=O) groups excluding carboxylic acids is 2. The van der Waals surface area contributed by atoms with Gasteiger partial charge in [0.25, 0.3) is 11.8 Å². The number of amides is 2. The highest BCUT2D eigenvalue weighted by Crippen LogP contribution is 2.30. The Kier molecular flexibility index (Phi) is 6.06. The molecule has 2 aromatic rings. The maximum atomic E-state index is 12.6. The average Bonchev–Trinajstić information content (AvgIpc) is 3.10. The topological polar surface area (TPSA) is 78.4 Å². The summed E-state index contributed by atoms with van der Waals surface area (Å²) in [6.07, 6.45) is 5.06. The van der Waals surface area contributed by atoms with Crippen LogP contribution in [0.1, 0.15) is 57.3 Å². The van der Waals surface area contributed by atoms with Crippen molar-refractivity contribution < 1.29 is 14.7 Å². The number of aliphatic hydroxyl groups is 1. The van der Waals surface area contributed by atoms with Gasteiger partial charge in [-0.3, -0.25) is 9.59 Å². The first kappa shape index (κ1) is 18.6. The van der Waals surface area contributed by atoms with Crippen LogP contribution in [0.15, 0.2) is 29.6 Å². The largest absolute Gasteiger partial charge is 0.394 e. The van der Waals surface area contributed by atoms with E-state index in [4.69, 9.17) is 0 Å². The molecule has 1 heterocycles. The van der Waals surface area contributed by atoms with Crippen molar-refractivity contribution in [2.75, 3.05) is 11.9 Å². The fraction of sp³-hybridized carbons (Fsp3) is 0.400. The van der Waals surface area contributed by atoms with Crippen LogP contribution in [-0.4, -0.2) is 29.6 Å². The van der Waals surface area contributed by atoms with Gasteiger partial charge in [0.05, 0.1) is 18.2 Å². The molecule has 0 saturated heterocycles. The molecule has 0 fully saturated rings. The number of aryl methyl sites for hydroxylation is 1. The summed E-state index contributed by atoms with van der Waals surface area (Å²) in [4.78, 5) is 26.1. The first-order chi connectivity index (χ1) is 12.6. The van der Waals surface area contributed by atoms with Crippen molar-refractivity contribution in [3.63, 3.8) is 0 Å². The number of nitrogens with one attached hydrogen (secondary N) is 2. The Morgan fingerprint density at radius 3 is 2.58 bits per heavy atom. The molecular formula is C20H24N2O3S. The Labute approximate surface area is 157 Å². The summed E-state index contributed by atoms with van der Waals surface area (Å²) in [5.74, 6) is -0.316. The fourth-order valence-corrected chi connectivity index (χ4v) is 4.26. The van der Waals surface area contributed by atoms with Crippen molar-refractivity contribution in [2.45, 2.75) is 45.1 Å². The Hall–Kier alpha value is -2.18. The van der Waals surface area contributed by atoms with Crippen LogP contribution in [0.2, 0.25) is 0 Å². The standard InChI is InChI=1S/C20H24N2O3S/c1-2-14(11-23)21-19(24)13-7-9-15(10-8-13)22-20(25)17-12-26-18-6-4-3-5-16(17)18/h7-10,12,14,23H,2-6,11H2,1H3,(H,21,24)(H,22,25)/t14-/m1/s1. The number of thiophene rings is 1. The van der Waals surface area contributed by atoms with E-state index in [-0.39, 0.29) is 24.5 Å². The third-order valence-corrected chi connectivity index (χ3v) is 5.85. The number of rotatable bonds is 6. The Morgan fingerprint density at radius 2 is 1.88 bits per heavy atom. The van der Waals surface area contributed by atoms with Gasteiger partial charge in [0, 0.05) is 21.5 Å². The van der Waals surface area contributed by atoms with Crippen LogP contribution in [0.4, 0.5) is 5.69 Å². The molecule has 0 spiro atoms. The number of anilines is 1. The highest BCUT2D eigenvalue weighted by molar-refractivity contribution is 7.10. The second kappa shape index (κ2) is 8.47. The minimum absolute atomic E-state index is 0.0820. The second-order valence-corrected chi connectivity index (χ2v) is 7.52. The quantitative estimate of drug-likeness (QED) is 0.727. The van der Waals surface area contributed by atoms with Crippen molar-refractivity contribution >= 4 is 28.8 Å². The number of hydrogen-bond acceptors (Lipinski definition) is 4. The third kappa shape index (κ3) is 4.14. The molecule has 1 aromatic heterocycles. The lowest BCUT2D eigenvalue weighted by atomic mass is 9.95. The summed E-state index contributed by atoms with van der Waals surface area (Å²) in [7, 11) is 0. The first-order valence-corrected chi connectivity index (χ1v) is 9.92. The predicted octanol–water partition coefficient (Wildman–Crippen LogP) is 3.38. The summed E-state index contributed by atoms with van der Waals surface area (Å²) in [5.41, 5.74) is 3.14. The Morgan fingerprint density at radius 1 is 1.15 bits per heavy atom. The molecule has 2 amide bonds. The zero-order valence-electron chi connectivity index (χ0n) is 14.9. The zero-order valence-corrected chi connectivity index (χ0v) is 15.7. The van der Waals surface area contributed by atoms with E-state index in [1.54, 1.807) is 35.6 Å². The predicted molar refractivity (Wildman–Crippen MR) is 104 cm³/mol. The summed E-state index contributed by atoms with van der Waals surface area (Å²) < 4.78 is 0. The van der Waals surface area contributed by atoms with Crippen LogP contribution in [-0.2, 0) is 12.8 Å². The number of benzene rings is 1. The van der Waals surface area contributed by atoms with Crippen LogP contribution in [0.25, 0.3) is 0 Å². The Balaban J connectivity index is 1.65. The fourth-order valence-electron chi connectivity index (χ4n) is 3.13. The highest BCUT2D eigenvalue weighted by atomic mass is 32.1. The molecule has 0 radical (unpaired) electrons. The van der Waals surface area contributed by atoms with E-state index in [0.717, 1.165) is 24.8 Å². The van der Waals surface area contributed by atoms with Crippen molar-refractivity contribution in [3.05, 3.63) is 51.2 Å². The van der Waals surface area contributed by atoms with E-state index in [1.165, 1.54) is 16.9 Å². The van der Waals surface area contributed by atoms with Gasteiger partial charge in [-0.1, -0.05) is 6.92 Å². The van der Waals surface area contributed by atoms with Crippen LogP contribution < -0.4 is 10.6 Å². The maximum Gasteiger partial charge on any atom is 0.256 e. The lowest BCUT2D eigenvalue weighted by Crippen LogP contribution is -2.36. The molecule has 6 heteroatoms. The van der Waals surface area contributed by atoms with E-state index in [9.17, 15) is 14.7 Å². The van der Waals surface area contributed by atoms with Crippen molar-refractivity contribution in [2.24, 2.45) is 0 Å². The molecule has 26 heavy (non-hydrogen) atoms. The van der Waals surface area contributed by atoms with Gasteiger partial charge in [-0.15, -0.1) is 11.3 Å². The van der Waals surface area contributed by atoms with Crippen molar-refractivity contribution in [1.82, 2.24) is 5.32 Å². The van der Waals surface area contributed by atoms with Crippen LogP contribution >= 0.6 is 11.3 Å². The molecule has 0 unspecified atom stereocenters. The van der Waals surface area contributed by atoms with Gasteiger partial charge in [-0.2, -0.15) is 0 Å². The van der Waals surface area contributed by atoms with Gasteiger partial charge < -0.3 is 15.7 Å². The minimum atomic E-state index is -0.244. The molecule has 1 aromatic carbocycles. The van der Waals surface area contributed by atoms with E-state index >= 15 is 0 Å². The van der Waals surface area contributed by atoms with Crippen LogP contribution in [0.3, 0.4) is 0 Å². The smallest absolute Gasteiger partial charge is 0.256 e. The lowest BCUT2D eigenvalue weighted by molar-refractivity contribution is 0.0914. The molecule has 1 atom stereocenters. The van der Waals surface area contributed by atoms with Gasteiger partial charge in [-0.05, 0) is 61.9 Å². The normalized spacial score (nSPS) is 14.4. The number of carbonyl (C=O) groups is 2. The molecule has 1 aliphatic carbocycles. The van der Waals surface area contributed by atoms with E-state index in [2.05, 4.69) is 10.6 Å². The van der Waals surface area contributed by atoms with E-state index < -0.39 is 0 Å². The summed E-state index contributed by atoms with van der Waals surface area (Å²) in [6, 6.07) is 6.57. The lowest BCUT2D eigenvalue weighted by Gasteiger charge is -2.14. The molecule has 1 aliphatic rings. The summed E-state index contributed by atoms with van der Waals surface area (Å²) >= 11 is 1.67. The van der Waals surface area contributed by atoms with Crippen molar-refractivity contribution in [1.29, 1.82) is 0 Å². The molecule has 3 rings (SSSR count). The van der Waals surface area contributed by atoms with Gasteiger partial charge in [0.1, 0.15) is 0 Å². The molecule has 138 valence electrons. The highest BCUT2D eigenvalue weighted by Gasteiger charge is 2.20. The van der Waals surface area contributed by atoms with Gasteiger partial charge >= 0.3 is 0 Å². The Bertz CT molecular complexity index is 779. The molecule has 0 saturated carbocycles. The van der Waals surface area contributed by atoms with E-state index in [0.29, 0.717) is 17.7 Å². The van der Waals surface area contributed by atoms with E-state index in [1.807, 2.05) is 12.3 Å². The number of hydrogen-bond donors (Lipinski definition) is 3. The SMILES string of the molecule is CC[C@H](CO)NC(=O)c1ccc(NC(=O)c2csc3c2CCCC3)cc1. The van der Waals surface area contributed by atoms with Crippen LogP contribution in [0, 0.1) is 0 Å². The maximum absolute atomic E-state index is 12.6. The zero-order chi connectivity index (χ0) is 18.5. The summed E-state index contributed by atoms with van der Waals surface area (Å²) in [6.45, 7) is 1.82. The van der Waals surface area contributed by atoms with Gasteiger partial charge in [0.2, 0.25) is 0 Å². The molecule has 3 N–H and O–H groups in total. The van der Waals surface area contributed by atoms with Gasteiger partial charge in [-0.25, -0.2) is 0 Å². The first-order valence-electron chi connectivity index (χ1n) is 9.04. The third-order valence-electron chi connectivity index (χ3n) is 4.76. The second-order valence-electron chi connectivity index (χ2n) is 6.55. The van der Waals surface area contributed by atoms with Crippen molar-refractivity contribution in [3.8, 4) is 0 Å². The molecule has 0 bridgehead atoms. The molecule has 0 aliphatic heterocycles. The summed E-state index contributed by atoms with van der Waals surface area (Å²) in [5, 5.41) is 16.8. The number of fused-ring (bicyclic) bond motifs is 1. The molecule has 5 nitrogen and oxygen atoms in total. The monoisotopic (exact) mass is 372 g/mol.